The van der Waals surface area contributed by atoms with E-state index in [1.807, 2.05) is 4.98 Å². The Labute approximate surface area is 234 Å². The van der Waals surface area contributed by atoms with Crippen LogP contribution in [-0.2, 0) is 19.1 Å². The molecule has 14 nitrogen and oxygen atoms in total. The number of alkyl halides is 1. The van der Waals surface area contributed by atoms with Gasteiger partial charge in [0.1, 0.15) is 18.8 Å². The number of carboxylic acid groups (broad SMARTS) is 1. The van der Waals surface area contributed by atoms with Gasteiger partial charge in [0, 0.05) is 18.7 Å². The Kier molecular flexibility index (Phi) is 11.1. The predicted octanol–water partition coefficient (Wildman–Crippen LogP) is 1.41. The van der Waals surface area contributed by atoms with Crippen molar-refractivity contribution in [1.29, 1.82) is 0 Å². The van der Waals surface area contributed by atoms with Crippen LogP contribution < -0.4 is 25.4 Å². The molecule has 0 amide bonds. The van der Waals surface area contributed by atoms with E-state index in [-0.39, 0.29) is 24.5 Å². The van der Waals surface area contributed by atoms with Gasteiger partial charge in [-0.15, -0.1) is 0 Å². The van der Waals surface area contributed by atoms with E-state index >= 15 is 4.39 Å². The Hall–Kier alpha value is -3.65. The van der Waals surface area contributed by atoms with Gasteiger partial charge in [0.05, 0.1) is 6.61 Å². The van der Waals surface area contributed by atoms with Crippen LogP contribution in [0.4, 0.5) is 4.39 Å². The zero-order valence-electron chi connectivity index (χ0n) is 22.3. The number of aliphatic hydroxyl groups is 1. The van der Waals surface area contributed by atoms with E-state index in [0.717, 1.165) is 23.8 Å². The lowest BCUT2D eigenvalue weighted by molar-refractivity contribution is -0.169. The number of ether oxygens (including phenoxy) is 3. The molecule has 41 heavy (non-hydrogen) atoms. The van der Waals surface area contributed by atoms with Crippen molar-refractivity contribution in [3.8, 4) is 11.5 Å². The van der Waals surface area contributed by atoms with E-state index in [4.69, 9.17) is 23.8 Å². The summed E-state index contributed by atoms with van der Waals surface area (Å²) in [6, 6.07) is 5.93. The van der Waals surface area contributed by atoms with Gasteiger partial charge in [-0.05, 0) is 45.2 Å². The van der Waals surface area contributed by atoms with E-state index in [9.17, 15) is 29.2 Å². The van der Waals surface area contributed by atoms with E-state index in [1.54, 1.807) is 12.1 Å². The second kappa shape index (κ2) is 14.3. The monoisotopic (exact) mass is 599 g/mol. The first-order valence-corrected chi connectivity index (χ1v) is 13.8. The maximum atomic E-state index is 15.4. The number of carbonyl (C=O) groups excluding carboxylic acids is 1. The van der Waals surface area contributed by atoms with Crippen molar-refractivity contribution in [2.75, 3.05) is 13.2 Å². The largest absolute Gasteiger partial charge is 0.575 e. The fourth-order valence-electron chi connectivity index (χ4n) is 3.92. The highest BCUT2D eigenvalue weighted by Gasteiger charge is 2.55. The summed E-state index contributed by atoms with van der Waals surface area (Å²) in [7, 11) is -2.74. The van der Waals surface area contributed by atoms with Crippen molar-refractivity contribution in [3.05, 3.63) is 57.4 Å². The van der Waals surface area contributed by atoms with Gasteiger partial charge in [-0.25, -0.2) is 14.0 Å². The lowest BCUT2D eigenvalue weighted by atomic mass is 9.98. The Morgan fingerprint density at radius 2 is 1.95 bits per heavy atom. The van der Waals surface area contributed by atoms with Gasteiger partial charge in [0.25, 0.3) is 5.56 Å². The van der Waals surface area contributed by atoms with Crippen LogP contribution in [0.15, 0.2) is 50.9 Å². The summed E-state index contributed by atoms with van der Waals surface area (Å²) >= 11 is 0. The van der Waals surface area contributed by atoms with Crippen molar-refractivity contribution < 1.29 is 47.8 Å². The summed E-state index contributed by atoms with van der Waals surface area (Å²) in [5, 5.41) is 19.2. The molecule has 1 aromatic carbocycles. The van der Waals surface area contributed by atoms with Crippen LogP contribution in [0.3, 0.4) is 0 Å². The Bertz CT molecular complexity index is 1360. The summed E-state index contributed by atoms with van der Waals surface area (Å²) < 4.78 is 41.6. The molecule has 3 N–H and O–H groups in total. The van der Waals surface area contributed by atoms with Gasteiger partial charge in [0.15, 0.2) is 23.7 Å². The Morgan fingerprint density at radius 1 is 1.24 bits per heavy atom. The summed E-state index contributed by atoms with van der Waals surface area (Å²) in [5.74, 6) is -1.58. The molecule has 1 aromatic heterocycles. The minimum Gasteiger partial charge on any atom is -0.575 e. The molecule has 2 heterocycles. The first-order chi connectivity index (χ1) is 19.4. The third kappa shape index (κ3) is 8.67. The minimum atomic E-state index is -2.74. The topological polar surface area (TPSA) is 202 Å². The van der Waals surface area contributed by atoms with Crippen LogP contribution in [-0.4, -0.2) is 68.8 Å². The van der Waals surface area contributed by atoms with Crippen LogP contribution in [0.25, 0.3) is 0 Å². The molecule has 1 aliphatic heterocycles. The fraction of sp³-hybridized carbons (Fsp3) is 0.520. The number of aliphatic carboxylic acids is 1. The number of H-pyrrole nitrogens is 1. The number of hydrogen-bond acceptors (Lipinski definition) is 11. The molecule has 1 fully saturated rings. The quantitative estimate of drug-likeness (QED) is 0.161. The van der Waals surface area contributed by atoms with E-state index in [2.05, 4.69) is 4.74 Å². The molecule has 1 unspecified atom stereocenters. The highest BCUT2D eigenvalue weighted by Crippen LogP contribution is 2.41. The third-order valence-electron chi connectivity index (χ3n) is 6.14. The molecule has 2 aromatic rings. The smallest absolute Gasteiger partial charge is 0.395 e. The maximum Gasteiger partial charge on any atom is 0.395 e. The van der Waals surface area contributed by atoms with Gasteiger partial charge in [0.2, 0.25) is 5.75 Å². The molecular formula is C25H31FN3O11P. The normalized spacial score (nSPS) is 23.1. The second-order valence-electron chi connectivity index (χ2n) is 9.39. The number of esters is 1. The third-order valence-corrected chi connectivity index (χ3v) is 7.03. The molecule has 0 spiro atoms. The van der Waals surface area contributed by atoms with Gasteiger partial charge < -0.3 is 29.3 Å². The number of hydrogen-bond donors (Lipinski definition) is 3. The molecule has 0 bridgehead atoms. The van der Waals surface area contributed by atoms with Crippen molar-refractivity contribution in [2.45, 2.75) is 69.7 Å². The summed E-state index contributed by atoms with van der Waals surface area (Å²) in [6.45, 7) is 2.10. The molecule has 0 aliphatic carbocycles. The SMILES string of the molecule is C[C@H](N=[P+]([O-])Oc1ccccc1OC[C@H]1O[C@@H](n2ccc(=O)[nH]c2=O)[C@](C)(F)[C@@H]1O)C(=O)OCCCCCC(=O)O. The lowest BCUT2D eigenvalue weighted by Crippen LogP contribution is -2.43. The number of carbonyl (C=O) groups is 2. The highest BCUT2D eigenvalue weighted by molar-refractivity contribution is 7.34. The molecule has 0 radical (unpaired) electrons. The number of halogens is 1. The molecular weight excluding hydrogens is 568 g/mol. The number of nitrogens with one attached hydrogen (secondary N) is 1. The zero-order valence-corrected chi connectivity index (χ0v) is 23.2. The second-order valence-corrected chi connectivity index (χ2v) is 10.3. The number of carboxylic acids is 1. The van der Waals surface area contributed by atoms with Crippen molar-refractivity contribution in [3.63, 3.8) is 0 Å². The molecule has 0 saturated carbocycles. The van der Waals surface area contributed by atoms with E-state index < -0.39 is 68.1 Å². The number of aromatic nitrogens is 2. The van der Waals surface area contributed by atoms with Crippen molar-refractivity contribution in [2.24, 2.45) is 4.74 Å². The van der Waals surface area contributed by atoms with Crippen molar-refractivity contribution in [1.82, 2.24) is 9.55 Å². The van der Waals surface area contributed by atoms with Gasteiger partial charge >= 0.3 is 25.8 Å². The minimum absolute atomic E-state index is 0.0136. The maximum absolute atomic E-state index is 15.4. The average molecular weight is 600 g/mol. The summed E-state index contributed by atoms with van der Waals surface area (Å²) in [6.07, 6.45) is -1.91. The molecule has 1 aliphatic rings. The lowest BCUT2D eigenvalue weighted by Gasteiger charge is -2.24. The fourth-order valence-corrected chi connectivity index (χ4v) is 4.67. The van der Waals surface area contributed by atoms with Crippen LogP contribution in [0, 0.1) is 0 Å². The number of benzene rings is 1. The Morgan fingerprint density at radius 3 is 2.63 bits per heavy atom. The highest BCUT2D eigenvalue weighted by atomic mass is 31.1. The number of unbranched alkanes of at least 4 members (excludes halogenated alkanes) is 2. The molecule has 6 atom stereocenters. The number of nitrogens with zero attached hydrogens (tertiary/aromatic N) is 2. The summed E-state index contributed by atoms with van der Waals surface area (Å²) in [4.78, 5) is 60.6. The Balaban J connectivity index is 1.57. The number of rotatable bonds is 14. The van der Waals surface area contributed by atoms with Gasteiger partial charge in [-0.3, -0.25) is 23.7 Å². The zero-order chi connectivity index (χ0) is 30.2. The first kappa shape index (κ1) is 31.9. The van der Waals surface area contributed by atoms with E-state index in [0.29, 0.717) is 19.3 Å². The van der Waals surface area contributed by atoms with Crippen LogP contribution in [0.1, 0.15) is 45.8 Å². The van der Waals surface area contributed by atoms with Crippen LogP contribution >= 0.6 is 8.17 Å². The standard InChI is InChI=1S/C25H31FN3O11P/c1-15(22(34)37-13-7-3-4-10-20(31)32)28-41(36)40-17-9-6-5-8-16(17)38-14-18-21(33)25(2,26)23(39-18)29-12-11-19(30)27-24(29)35/h5-6,8-9,11-12,15,18,21,23,33H,3-4,7,10,13-14H2,1-2H3,(H,31,32)(H,27,30,35)/t15-,18+,21+,23+,25+/m0/s1. The van der Waals surface area contributed by atoms with E-state index in [1.165, 1.54) is 19.1 Å². The van der Waals surface area contributed by atoms with Crippen molar-refractivity contribution >= 4 is 20.1 Å². The first-order valence-electron chi connectivity index (χ1n) is 12.7. The van der Waals surface area contributed by atoms with Crippen LogP contribution in [0.2, 0.25) is 0 Å². The molecule has 224 valence electrons. The number of para-hydroxylation sites is 2. The molecule has 1 saturated heterocycles. The van der Waals surface area contributed by atoms with Crippen LogP contribution in [0.5, 0.6) is 11.5 Å². The van der Waals surface area contributed by atoms with Gasteiger partial charge in [-0.1, -0.05) is 16.9 Å². The molecule has 3 rings (SSSR count). The number of aliphatic hydroxyl groups excluding tert-OH is 1. The van der Waals surface area contributed by atoms with Gasteiger partial charge in [-0.2, -0.15) is 0 Å². The summed E-state index contributed by atoms with van der Waals surface area (Å²) in [5.41, 5.74) is -4.01. The average Bonchev–Trinajstić information content (AvgIpc) is 3.13. The number of aromatic amines is 1. The predicted molar refractivity (Wildman–Crippen MR) is 139 cm³/mol. The molecule has 16 heteroatoms.